The molecule has 0 spiro atoms. The van der Waals surface area contributed by atoms with Crippen LogP contribution in [-0.2, 0) is 16.0 Å². The quantitative estimate of drug-likeness (QED) is 0.437. The molecule has 0 aliphatic rings. The molecule has 0 saturated heterocycles. The number of carboxylic acids is 1. The Morgan fingerprint density at radius 2 is 1.81 bits per heavy atom. The van der Waals surface area contributed by atoms with Crippen molar-refractivity contribution in [3.05, 3.63) is 72.1 Å². The molecular formula is C23H26N4O4. The molecule has 3 rings (SSSR count). The fraction of sp³-hybridized carbons (Fsp3) is 0.304. The zero-order valence-electron chi connectivity index (χ0n) is 17.3. The van der Waals surface area contributed by atoms with Crippen molar-refractivity contribution < 1.29 is 19.4 Å². The third kappa shape index (κ3) is 6.48. The Kier molecular flexibility index (Phi) is 7.89. The number of nitrogens with one attached hydrogen (secondary N) is 2. The van der Waals surface area contributed by atoms with Gasteiger partial charge in [-0.25, -0.2) is 0 Å². The molecule has 162 valence electrons. The van der Waals surface area contributed by atoms with E-state index in [0.717, 1.165) is 16.7 Å². The van der Waals surface area contributed by atoms with Crippen LogP contribution >= 0.6 is 0 Å². The molecule has 1 heterocycles. The summed E-state index contributed by atoms with van der Waals surface area (Å²) in [5.41, 5.74) is 3.38. The number of rotatable bonds is 11. The first-order chi connectivity index (χ1) is 15.1. The number of carbonyl (C=O) groups is 2. The van der Waals surface area contributed by atoms with Gasteiger partial charge in [-0.2, -0.15) is 0 Å². The lowest BCUT2D eigenvalue weighted by molar-refractivity contribution is -0.142. The zero-order chi connectivity index (χ0) is 22.1. The highest BCUT2D eigenvalue weighted by atomic mass is 16.5. The summed E-state index contributed by atoms with van der Waals surface area (Å²) in [4.78, 5) is 24.2. The number of ether oxygens (including phenoxy) is 1. The van der Waals surface area contributed by atoms with Crippen LogP contribution in [0.4, 0.5) is 0 Å². The number of H-pyrrole nitrogens is 1. The van der Waals surface area contributed by atoms with Crippen LogP contribution in [0, 0.1) is 5.92 Å². The maximum atomic E-state index is 12.5. The number of amides is 1. The second-order valence-corrected chi connectivity index (χ2v) is 7.35. The van der Waals surface area contributed by atoms with Crippen LogP contribution in [0.5, 0.6) is 0 Å². The third-order valence-corrected chi connectivity index (χ3v) is 5.12. The highest BCUT2D eigenvalue weighted by Gasteiger charge is 2.25. The molecule has 8 nitrogen and oxygen atoms in total. The Hall–Kier alpha value is -3.52. The Labute approximate surface area is 180 Å². The highest BCUT2D eigenvalue weighted by Crippen LogP contribution is 2.21. The molecule has 0 aliphatic heterocycles. The van der Waals surface area contributed by atoms with Crippen molar-refractivity contribution in [1.29, 1.82) is 0 Å². The first-order valence-electron chi connectivity index (χ1n) is 10.1. The first kappa shape index (κ1) is 22.2. The molecule has 0 bridgehead atoms. The van der Waals surface area contributed by atoms with E-state index in [1.807, 2.05) is 54.6 Å². The molecule has 3 aromatic rings. The molecule has 0 unspecified atom stereocenters. The number of carbonyl (C=O) groups excluding carboxylic acids is 1. The fourth-order valence-corrected chi connectivity index (χ4v) is 3.46. The van der Waals surface area contributed by atoms with Crippen molar-refractivity contribution >= 4 is 11.9 Å². The van der Waals surface area contributed by atoms with Gasteiger partial charge in [0, 0.05) is 19.8 Å². The molecule has 8 heteroatoms. The average Bonchev–Trinajstić information content (AvgIpc) is 3.32. The summed E-state index contributed by atoms with van der Waals surface area (Å²) in [7, 11) is 1.54. The van der Waals surface area contributed by atoms with Gasteiger partial charge in [0.25, 0.3) is 5.91 Å². The van der Waals surface area contributed by atoms with Gasteiger partial charge in [0.15, 0.2) is 5.69 Å². The lowest BCUT2D eigenvalue weighted by Crippen LogP contribution is -2.39. The van der Waals surface area contributed by atoms with Crippen molar-refractivity contribution in [3.8, 4) is 11.1 Å². The number of hydrogen-bond acceptors (Lipinski definition) is 5. The summed E-state index contributed by atoms with van der Waals surface area (Å²) >= 11 is 0. The van der Waals surface area contributed by atoms with Gasteiger partial charge in [-0.15, -0.1) is 5.10 Å². The largest absolute Gasteiger partial charge is 0.481 e. The van der Waals surface area contributed by atoms with Crippen LogP contribution in [0.25, 0.3) is 11.1 Å². The molecule has 0 radical (unpaired) electrons. The predicted octanol–water partition coefficient (Wildman–Crippen LogP) is 2.94. The van der Waals surface area contributed by atoms with Gasteiger partial charge >= 0.3 is 5.97 Å². The first-order valence-corrected chi connectivity index (χ1v) is 10.1. The molecule has 0 saturated carbocycles. The van der Waals surface area contributed by atoms with Crippen LogP contribution in [0.15, 0.2) is 60.8 Å². The van der Waals surface area contributed by atoms with E-state index in [1.165, 1.54) is 13.3 Å². The Bertz CT molecular complexity index is 959. The molecule has 2 aromatic carbocycles. The van der Waals surface area contributed by atoms with Crippen LogP contribution in [0.2, 0.25) is 0 Å². The van der Waals surface area contributed by atoms with Crippen molar-refractivity contribution in [1.82, 2.24) is 20.7 Å². The zero-order valence-corrected chi connectivity index (χ0v) is 17.3. The van der Waals surface area contributed by atoms with E-state index in [-0.39, 0.29) is 18.2 Å². The van der Waals surface area contributed by atoms with E-state index >= 15 is 0 Å². The van der Waals surface area contributed by atoms with Gasteiger partial charge in [0.1, 0.15) is 0 Å². The number of carboxylic acid groups (broad SMARTS) is 1. The molecule has 1 amide bonds. The SMILES string of the molecule is COCC[C@H](C[C@@H](Cc1ccc(-c2ccccc2)cc1)NC(=O)c1c[nH]nn1)C(=O)O. The van der Waals surface area contributed by atoms with Gasteiger partial charge in [-0.3, -0.25) is 14.7 Å². The summed E-state index contributed by atoms with van der Waals surface area (Å²) < 4.78 is 5.04. The Morgan fingerprint density at radius 1 is 1.10 bits per heavy atom. The van der Waals surface area contributed by atoms with Crippen molar-refractivity contribution in [2.75, 3.05) is 13.7 Å². The molecule has 0 fully saturated rings. The maximum absolute atomic E-state index is 12.5. The van der Waals surface area contributed by atoms with E-state index in [2.05, 4.69) is 20.7 Å². The Morgan fingerprint density at radius 3 is 2.42 bits per heavy atom. The van der Waals surface area contributed by atoms with Crippen LogP contribution in [-0.4, -0.2) is 52.2 Å². The number of aromatic nitrogens is 3. The van der Waals surface area contributed by atoms with Gasteiger partial charge in [0.05, 0.1) is 12.1 Å². The lowest BCUT2D eigenvalue weighted by Gasteiger charge is -2.22. The number of methoxy groups -OCH3 is 1. The number of aromatic amines is 1. The monoisotopic (exact) mass is 422 g/mol. The van der Waals surface area contributed by atoms with E-state index in [1.54, 1.807) is 0 Å². The van der Waals surface area contributed by atoms with Gasteiger partial charge in [-0.05, 0) is 36.0 Å². The van der Waals surface area contributed by atoms with Gasteiger partial charge in [-0.1, -0.05) is 59.8 Å². The topological polar surface area (TPSA) is 117 Å². The van der Waals surface area contributed by atoms with Crippen molar-refractivity contribution in [3.63, 3.8) is 0 Å². The van der Waals surface area contributed by atoms with E-state index in [4.69, 9.17) is 4.74 Å². The molecule has 31 heavy (non-hydrogen) atoms. The highest BCUT2D eigenvalue weighted by molar-refractivity contribution is 5.92. The van der Waals surface area contributed by atoms with Crippen molar-refractivity contribution in [2.45, 2.75) is 25.3 Å². The van der Waals surface area contributed by atoms with Crippen molar-refractivity contribution in [2.24, 2.45) is 5.92 Å². The third-order valence-electron chi connectivity index (χ3n) is 5.12. The van der Waals surface area contributed by atoms with E-state index in [9.17, 15) is 14.7 Å². The second kappa shape index (κ2) is 11.0. The maximum Gasteiger partial charge on any atom is 0.306 e. The van der Waals surface area contributed by atoms with E-state index < -0.39 is 17.8 Å². The lowest BCUT2D eigenvalue weighted by atomic mass is 9.92. The Balaban J connectivity index is 1.74. The summed E-state index contributed by atoms with van der Waals surface area (Å²) in [6, 6.07) is 17.7. The predicted molar refractivity (Wildman–Crippen MR) is 115 cm³/mol. The molecule has 0 aliphatic carbocycles. The average molecular weight is 422 g/mol. The minimum Gasteiger partial charge on any atom is -0.481 e. The smallest absolute Gasteiger partial charge is 0.306 e. The molecule has 2 atom stereocenters. The van der Waals surface area contributed by atoms with Crippen LogP contribution < -0.4 is 5.32 Å². The summed E-state index contributed by atoms with van der Waals surface area (Å²) in [5, 5.41) is 22.3. The summed E-state index contributed by atoms with van der Waals surface area (Å²) in [6.07, 6.45) is 2.55. The van der Waals surface area contributed by atoms with Crippen LogP contribution in [0.3, 0.4) is 0 Å². The minimum absolute atomic E-state index is 0.160. The summed E-state index contributed by atoms with van der Waals surface area (Å²) in [5.74, 6) is -1.93. The normalized spacial score (nSPS) is 12.8. The molecular weight excluding hydrogens is 396 g/mol. The number of aliphatic carboxylic acids is 1. The van der Waals surface area contributed by atoms with Gasteiger partial charge < -0.3 is 15.2 Å². The standard InChI is InChI=1S/C23H26N4O4/c1-31-12-11-19(23(29)30)14-20(25-22(28)21-15-24-27-26-21)13-16-7-9-18(10-8-16)17-5-3-2-4-6-17/h2-10,15,19-20H,11-14H2,1H3,(H,25,28)(H,29,30)(H,24,26,27)/t19-,20-/m1/s1. The number of benzene rings is 2. The number of hydrogen-bond donors (Lipinski definition) is 3. The van der Waals surface area contributed by atoms with Gasteiger partial charge in [0.2, 0.25) is 0 Å². The molecule has 3 N–H and O–H groups in total. The fourth-order valence-electron chi connectivity index (χ4n) is 3.46. The minimum atomic E-state index is -0.905. The van der Waals surface area contributed by atoms with Crippen LogP contribution in [0.1, 0.15) is 28.9 Å². The molecule has 1 aromatic heterocycles. The van der Waals surface area contributed by atoms with E-state index in [0.29, 0.717) is 19.4 Å². The summed E-state index contributed by atoms with van der Waals surface area (Å²) in [6.45, 7) is 0.340. The second-order valence-electron chi connectivity index (χ2n) is 7.35. The number of nitrogens with zero attached hydrogens (tertiary/aromatic N) is 2.